The molecule has 5 nitrogen and oxygen atoms in total. The van der Waals surface area contributed by atoms with Gasteiger partial charge in [-0.15, -0.1) is 0 Å². The van der Waals surface area contributed by atoms with Gasteiger partial charge in [-0.3, -0.25) is 9.69 Å². The molecule has 3 atom stereocenters. The molecule has 1 fully saturated rings. The predicted octanol–water partition coefficient (Wildman–Crippen LogP) is 3.43. The summed E-state index contributed by atoms with van der Waals surface area (Å²) in [5.74, 6) is 0.946. The van der Waals surface area contributed by atoms with E-state index in [9.17, 15) is 4.79 Å². The van der Waals surface area contributed by atoms with Gasteiger partial charge in [-0.25, -0.2) is 4.98 Å². The lowest BCUT2D eigenvalue weighted by Crippen LogP contribution is -2.39. The molecule has 0 aliphatic carbocycles. The molecule has 3 heterocycles. The highest BCUT2D eigenvalue weighted by Gasteiger charge is 2.55. The first-order valence-electron chi connectivity index (χ1n) is 8.54. The molecule has 3 aromatic rings. The Morgan fingerprint density at radius 3 is 2.64 bits per heavy atom. The third kappa shape index (κ3) is 1.93. The van der Waals surface area contributed by atoms with Crippen molar-refractivity contribution in [3.8, 4) is 0 Å². The summed E-state index contributed by atoms with van der Waals surface area (Å²) in [6.45, 7) is 3.61. The minimum atomic E-state index is -0.107. The number of aryl methyl sites for hydroxylation is 2. The molecular formula is C20H19N3O2. The fourth-order valence-electron chi connectivity index (χ4n) is 4.10. The summed E-state index contributed by atoms with van der Waals surface area (Å²) in [4.78, 5) is 19.3. The lowest BCUT2D eigenvalue weighted by molar-refractivity contribution is -0.117. The first-order chi connectivity index (χ1) is 12.1. The standard InChI is InChI=1S/C20H19N3O2/c1-11-21-16-15(22(11)3)10-9-14-18(16)23(12(2)24)17(20-19(14)25-20)13-7-5-4-6-8-13/h4-10,17,19-20H,1-3H3/t17-,19+,20-/m1/s1. The Labute approximate surface area is 145 Å². The zero-order valence-corrected chi connectivity index (χ0v) is 14.4. The molecule has 2 aliphatic rings. The second-order valence-electron chi connectivity index (χ2n) is 6.86. The summed E-state index contributed by atoms with van der Waals surface area (Å²) in [5.41, 5.74) is 4.98. The highest BCUT2D eigenvalue weighted by Crippen LogP contribution is 2.57. The summed E-state index contributed by atoms with van der Waals surface area (Å²) in [5, 5.41) is 0. The molecule has 0 unspecified atom stereocenters. The third-order valence-corrected chi connectivity index (χ3v) is 5.42. The van der Waals surface area contributed by atoms with Crippen LogP contribution in [0.25, 0.3) is 11.0 Å². The second kappa shape index (κ2) is 4.92. The molecule has 1 aromatic heterocycles. The SMILES string of the molecule is CC(=O)N1c2c(ccc3c2nc(C)n3C)[C@@H]2O[C@@H]2[C@H]1c1ccccc1. The summed E-state index contributed by atoms with van der Waals surface area (Å²) in [6.07, 6.45) is 0.0589. The summed E-state index contributed by atoms with van der Waals surface area (Å²) >= 11 is 0. The zero-order chi connectivity index (χ0) is 17.3. The number of fused-ring (bicyclic) bond motifs is 5. The molecule has 2 aromatic carbocycles. The Morgan fingerprint density at radius 1 is 1.16 bits per heavy atom. The van der Waals surface area contributed by atoms with Crippen LogP contribution in [0.5, 0.6) is 0 Å². The van der Waals surface area contributed by atoms with E-state index in [1.165, 1.54) is 0 Å². The molecule has 0 radical (unpaired) electrons. The molecule has 2 aliphatic heterocycles. The van der Waals surface area contributed by atoms with Crippen LogP contribution in [0.4, 0.5) is 5.69 Å². The fraction of sp³-hybridized carbons (Fsp3) is 0.300. The van der Waals surface area contributed by atoms with Crippen molar-refractivity contribution in [1.82, 2.24) is 9.55 Å². The molecular weight excluding hydrogens is 314 g/mol. The smallest absolute Gasteiger partial charge is 0.224 e. The summed E-state index contributed by atoms with van der Waals surface area (Å²) in [7, 11) is 2.00. The Balaban J connectivity index is 1.80. The number of carbonyl (C=O) groups excluding carboxylic acids is 1. The maximum absolute atomic E-state index is 12.7. The first kappa shape index (κ1) is 14.7. The minimum absolute atomic E-state index is 0.0138. The number of amides is 1. The normalized spacial score (nSPS) is 24.1. The van der Waals surface area contributed by atoms with Gasteiger partial charge in [-0.2, -0.15) is 0 Å². The van der Waals surface area contributed by atoms with Crippen molar-refractivity contribution >= 4 is 22.6 Å². The Kier molecular flexibility index (Phi) is 2.89. The van der Waals surface area contributed by atoms with Crippen LogP contribution in [0, 0.1) is 6.92 Å². The summed E-state index contributed by atoms with van der Waals surface area (Å²) in [6, 6.07) is 14.2. The van der Waals surface area contributed by atoms with Gasteiger partial charge in [-0.1, -0.05) is 36.4 Å². The molecule has 5 rings (SSSR count). The average molecular weight is 333 g/mol. The first-order valence-corrected chi connectivity index (χ1v) is 8.54. The fourth-order valence-corrected chi connectivity index (χ4v) is 4.10. The quantitative estimate of drug-likeness (QED) is 0.641. The van der Waals surface area contributed by atoms with Crippen molar-refractivity contribution < 1.29 is 9.53 Å². The van der Waals surface area contributed by atoms with Gasteiger partial charge in [-0.05, 0) is 18.6 Å². The van der Waals surface area contributed by atoms with Crippen LogP contribution in [0.1, 0.15) is 36.0 Å². The second-order valence-corrected chi connectivity index (χ2v) is 6.86. The topological polar surface area (TPSA) is 50.7 Å². The monoisotopic (exact) mass is 333 g/mol. The van der Waals surface area contributed by atoms with E-state index in [0.29, 0.717) is 0 Å². The molecule has 5 heteroatoms. The number of nitrogens with zero attached hydrogens (tertiary/aromatic N) is 3. The number of anilines is 1. The van der Waals surface area contributed by atoms with Gasteiger partial charge in [0.05, 0.1) is 17.2 Å². The largest absolute Gasteiger partial charge is 0.362 e. The zero-order valence-electron chi connectivity index (χ0n) is 14.4. The number of rotatable bonds is 1. The van der Waals surface area contributed by atoms with E-state index in [2.05, 4.69) is 28.8 Å². The van der Waals surface area contributed by atoms with Crippen molar-refractivity contribution in [2.75, 3.05) is 4.90 Å². The predicted molar refractivity (Wildman–Crippen MR) is 95.4 cm³/mol. The number of ether oxygens (including phenoxy) is 1. The van der Waals surface area contributed by atoms with Crippen molar-refractivity contribution in [2.45, 2.75) is 32.1 Å². The Bertz CT molecular complexity index is 1010. The summed E-state index contributed by atoms with van der Waals surface area (Å²) < 4.78 is 8.07. The molecule has 0 bridgehead atoms. The van der Waals surface area contributed by atoms with Crippen LogP contribution >= 0.6 is 0 Å². The molecule has 0 spiro atoms. The maximum Gasteiger partial charge on any atom is 0.224 e. The van der Waals surface area contributed by atoms with Crippen molar-refractivity contribution in [2.24, 2.45) is 7.05 Å². The van der Waals surface area contributed by atoms with Gasteiger partial charge >= 0.3 is 0 Å². The molecule has 0 N–H and O–H groups in total. The van der Waals surface area contributed by atoms with Gasteiger partial charge in [0.1, 0.15) is 23.5 Å². The minimum Gasteiger partial charge on any atom is -0.362 e. The van der Waals surface area contributed by atoms with Crippen LogP contribution in [0.3, 0.4) is 0 Å². The number of aromatic nitrogens is 2. The average Bonchev–Trinajstić information content (AvgIpc) is 3.35. The highest BCUT2D eigenvalue weighted by molar-refractivity contribution is 6.04. The van der Waals surface area contributed by atoms with Crippen LogP contribution in [0.2, 0.25) is 0 Å². The molecule has 0 saturated carbocycles. The van der Waals surface area contributed by atoms with Crippen molar-refractivity contribution in [1.29, 1.82) is 0 Å². The van der Waals surface area contributed by atoms with E-state index in [-0.39, 0.29) is 24.2 Å². The number of epoxide rings is 1. The van der Waals surface area contributed by atoms with Crippen LogP contribution in [0.15, 0.2) is 42.5 Å². The van der Waals surface area contributed by atoms with Gasteiger partial charge in [0.25, 0.3) is 0 Å². The van der Waals surface area contributed by atoms with Crippen molar-refractivity contribution in [3.63, 3.8) is 0 Å². The van der Waals surface area contributed by atoms with E-state index >= 15 is 0 Å². The van der Waals surface area contributed by atoms with Crippen molar-refractivity contribution in [3.05, 3.63) is 59.4 Å². The number of hydrogen-bond donors (Lipinski definition) is 0. The number of benzene rings is 2. The molecule has 126 valence electrons. The van der Waals surface area contributed by atoms with E-state index in [1.807, 2.05) is 37.1 Å². The number of carbonyl (C=O) groups is 1. The molecule has 25 heavy (non-hydrogen) atoms. The highest BCUT2D eigenvalue weighted by atomic mass is 16.6. The van der Waals surface area contributed by atoms with Gasteiger partial charge in [0.2, 0.25) is 5.91 Å². The van der Waals surface area contributed by atoms with Gasteiger partial charge < -0.3 is 9.30 Å². The lowest BCUT2D eigenvalue weighted by Gasteiger charge is -2.34. The molecule has 1 saturated heterocycles. The van der Waals surface area contributed by atoms with Gasteiger partial charge in [0.15, 0.2) is 0 Å². The van der Waals surface area contributed by atoms with Crippen LogP contribution in [-0.4, -0.2) is 21.6 Å². The van der Waals surface area contributed by atoms with E-state index in [4.69, 9.17) is 9.72 Å². The lowest BCUT2D eigenvalue weighted by atomic mass is 9.90. The van der Waals surface area contributed by atoms with E-state index < -0.39 is 0 Å². The van der Waals surface area contributed by atoms with Crippen LogP contribution < -0.4 is 4.90 Å². The third-order valence-electron chi connectivity index (χ3n) is 5.42. The van der Waals surface area contributed by atoms with Crippen LogP contribution in [-0.2, 0) is 16.6 Å². The van der Waals surface area contributed by atoms with Gasteiger partial charge in [0, 0.05) is 19.5 Å². The maximum atomic E-state index is 12.7. The van der Waals surface area contributed by atoms with E-state index in [1.54, 1.807) is 6.92 Å². The number of hydrogen-bond acceptors (Lipinski definition) is 3. The van der Waals surface area contributed by atoms with E-state index in [0.717, 1.165) is 33.7 Å². The molecule has 1 amide bonds. The Hall–Kier alpha value is -2.66. The number of imidazole rings is 1. The Morgan fingerprint density at radius 2 is 1.92 bits per heavy atom.